The summed E-state index contributed by atoms with van der Waals surface area (Å²) in [6.45, 7) is 6.02. The summed E-state index contributed by atoms with van der Waals surface area (Å²) in [5.74, 6) is 0.328. The van der Waals surface area contributed by atoms with Gasteiger partial charge < -0.3 is 10.1 Å². The van der Waals surface area contributed by atoms with E-state index in [9.17, 15) is 9.59 Å². The number of para-hydroxylation sites is 1. The zero-order chi connectivity index (χ0) is 19.8. The van der Waals surface area contributed by atoms with Gasteiger partial charge in [-0.25, -0.2) is 10.2 Å². The predicted octanol–water partition coefficient (Wildman–Crippen LogP) is 2.59. The summed E-state index contributed by atoms with van der Waals surface area (Å²) in [5.41, 5.74) is 7.45. The third kappa shape index (κ3) is 5.75. The van der Waals surface area contributed by atoms with Gasteiger partial charge in [-0.3, -0.25) is 10.2 Å². The molecule has 0 bridgehead atoms. The number of carbonyl (C=O) groups is 2. The number of hydrogen-bond donors (Lipinski definition) is 3. The highest BCUT2D eigenvalue weighted by atomic mass is 16.5. The molecule has 2 rings (SSSR count). The highest BCUT2D eigenvalue weighted by Gasteiger charge is 2.11. The highest BCUT2D eigenvalue weighted by Crippen LogP contribution is 2.22. The summed E-state index contributed by atoms with van der Waals surface area (Å²) in [4.78, 5) is 23.9. The molecule has 27 heavy (non-hydrogen) atoms. The van der Waals surface area contributed by atoms with Gasteiger partial charge in [-0.1, -0.05) is 18.2 Å². The lowest BCUT2D eigenvalue weighted by Crippen LogP contribution is -2.50. The second kappa shape index (κ2) is 9.25. The van der Waals surface area contributed by atoms with Crippen LogP contribution in [0.15, 0.2) is 42.5 Å². The van der Waals surface area contributed by atoms with Crippen molar-refractivity contribution in [3.05, 3.63) is 64.7 Å². The first-order chi connectivity index (χ1) is 12.9. The van der Waals surface area contributed by atoms with Crippen LogP contribution in [-0.4, -0.2) is 24.6 Å². The van der Waals surface area contributed by atoms with E-state index in [1.54, 1.807) is 6.92 Å². The molecular weight excluding hydrogens is 344 g/mol. The van der Waals surface area contributed by atoms with Crippen molar-refractivity contribution in [3.8, 4) is 11.8 Å². The molecule has 3 N–H and O–H groups in total. The third-order valence-electron chi connectivity index (χ3n) is 3.83. The van der Waals surface area contributed by atoms with E-state index in [1.165, 1.54) is 24.3 Å². The number of urea groups is 1. The second-order valence-electron chi connectivity index (χ2n) is 6.17. The number of ether oxygens (including phenoxy) is 1. The zero-order valence-corrected chi connectivity index (χ0v) is 15.5. The molecule has 2 aromatic carbocycles. The van der Waals surface area contributed by atoms with Crippen molar-refractivity contribution in [2.75, 3.05) is 6.61 Å². The van der Waals surface area contributed by atoms with Gasteiger partial charge in [-0.15, -0.1) is 0 Å². The standard InChI is InChI=1S/C20H22N4O3/c1-13-5-4-6-14(2)18(13)27-12-15(3)22-20(26)24-23-19(25)17-9-7-16(11-21)8-10-17/h4-10,15H,12H2,1-3H3,(H,23,25)(H2,22,24,26)/t15-/m1/s1. The Labute approximate surface area is 158 Å². The number of nitrogens with one attached hydrogen (secondary N) is 3. The van der Waals surface area contributed by atoms with E-state index in [-0.39, 0.29) is 6.04 Å². The zero-order valence-electron chi connectivity index (χ0n) is 15.5. The Morgan fingerprint density at radius 2 is 1.70 bits per heavy atom. The van der Waals surface area contributed by atoms with E-state index in [1.807, 2.05) is 38.1 Å². The van der Waals surface area contributed by atoms with Crippen molar-refractivity contribution in [3.63, 3.8) is 0 Å². The van der Waals surface area contributed by atoms with E-state index in [0.29, 0.717) is 17.7 Å². The van der Waals surface area contributed by atoms with Crippen LogP contribution < -0.4 is 20.9 Å². The lowest BCUT2D eigenvalue weighted by molar-refractivity contribution is 0.0935. The van der Waals surface area contributed by atoms with Gasteiger partial charge in [0.25, 0.3) is 5.91 Å². The SMILES string of the molecule is Cc1cccc(C)c1OC[C@@H](C)NC(=O)NNC(=O)c1ccc(C#N)cc1. The van der Waals surface area contributed by atoms with Gasteiger partial charge in [-0.05, 0) is 56.2 Å². The quantitative estimate of drug-likeness (QED) is 0.708. The minimum atomic E-state index is -0.547. The number of hydrogen-bond acceptors (Lipinski definition) is 4. The maximum absolute atomic E-state index is 12.0. The molecule has 0 unspecified atom stereocenters. The van der Waals surface area contributed by atoms with E-state index in [4.69, 9.17) is 10.00 Å². The van der Waals surface area contributed by atoms with Gasteiger partial charge in [-0.2, -0.15) is 5.26 Å². The normalized spacial score (nSPS) is 11.0. The van der Waals surface area contributed by atoms with Crippen LogP contribution in [-0.2, 0) is 0 Å². The number of hydrazine groups is 1. The molecule has 140 valence electrons. The molecule has 0 heterocycles. The lowest BCUT2D eigenvalue weighted by Gasteiger charge is -2.18. The minimum absolute atomic E-state index is 0.268. The Kier molecular flexibility index (Phi) is 6.78. The van der Waals surface area contributed by atoms with Crippen molar-refractivity contribution in [1.29, 1.82) is 5.26 Å². The summed E-state index contributed by atoms with van der Waals surface area (Å²) in [6.07, 6.45) is 0. The molecule has 0 fully saturated rings. The highest BCUT2D eigenvalue weighted by molar-refractivity contribution is 5.95. The third-order valence-corrected chi connectivity index (χ3v) is 3.83. The minimum Gasteiger partial charge on any atom is -0.491 e. The van der Waals surface area contributed by atoms with E-state index >= 15 is 0 Å². The number of amides is 3. The fourth-order valence-corrected chi connectivity index (χ4v) is 2.42. The Morgan fingerprint density at radius 3 is 2.30 bits per heavy atom. The fraction of sp³-hybridized carbons (Fsp3) is 0.250. The molecular formula is C20H22N4O3. The molecule has 0 saturated heterocycles. The molecule has 2 aromatic rings. The molecule has 3 amide bonds. The van der Waals surface area contributed by atoms with Crippen LogP contribution in [0, 0.1) is 25.2 Å². The topological polar surface area (TPSA) is 103 Å². The second-order valence-corrected chi connectivity index (χ2v) is 6.17. The number of benzene rings is 2. The Hall–Kier alpha value is -3.53. The average molecular weight is 366 g/mol. The smallest absolute Gasteiger partial charge is 0.333 e. The van der Waals surface area contributed by atoms with Gasteiger partial charge in [0, 0.05) is 5.56 Å². The molecule has 7 nitrogen and oxygen atoms in total. The first-order valence-electron chi connectivity index (χ1n) is 8.46. The predicted molar refractivity (Wildman–Crippen MR) is 101 cm³/mol. The Bertz CT molecular complexity index is 836. The first kappa shape index (κ1) is 19.8. The summed E-state index contributed by atoms with van der Waals surface area (Å²) < 4.78 is 5.79. The molecule has 0 aliphatic carbocycles. The van der Waals surface area contributed by atoms with Crippen molar-refractivity contribution in [2.24, 2.45) is 0 Å². The molecule has 0 aliphatic rings. The summed E-state index contributed by atoms with van der Waals surface area (Å²) in [7, 11) is 0. The monoisotopic (exact) mass is 366 g/mol. The van der Waals surface area contributed by atoms with Crippen LogP contribution in [0.1, 0.15) is 34.0 Å². The average Bonchev–Trinajstić information content (AvgIpc) is 2.65. The Morgan fingerprint density at radius 1 is 1.07 bits per heavy atom. The van der Waals surface area contributed by atoms with Gasteiger partial charge in [0.05, 0.1) is 17.7 Å². The molecule has 0 saturated carbocycles. The van der Waals surface area contributed by atoms with Crippen LogP contribution in [0.25, 0.3) is 0 Å². The van der Waals surface area contributed by atoms with Crippen LogP contribution in [0.3, 0.4) is 0 Å². The summed E-state index contributed by atoms with van der Waals surface area (Å²) >= 11 is 0. The van der Waals surface area contributed by atoms with Crippen LogP contribution in [0.5, 0.6) is 5.75 Å². The lowest BCUT2D eigenvalue weighted by atomic mass is 10.1. The Balaban J connectivity index is 1.77. The maximum Gasteiger partial charge on any atom is 0.333 e. The maximum atomic E-state index is 12.0. The largest absolute Gasteiger partial charge is 0.491 e. The molecule has 0 aliphatic heterocycles. The summed E-state index contributed by atoms with van der Waals surface area (Å²) in [5, 5.41) is 11.4. The molecule has 7 heteroatoms. The molecule has 0 radical (unpaired) electrons. The van der Waals surface area contributed by atoms with Gasteiger partial charge in [0.1, 0.15) is 12.4 Å². The van der Waals surface area contributed by atoms with Crippen LogP contribution >= 0.6 is 0 Å². The van der Waals surface area contributed by atoms with Crippen LogP contribution in [0.4, 0.5) is 4.79 Å². The van der Waals surface area contributed by atoms with Crippen molar-refractivity contribution in [1.82, 2.24) is 16.2 Å². The summed E-state index contributed by atoms with van der Waals surface area (Å²) in [6, 6.07) is 13.1. The fourth-order valence-electron chi connectivity index (χ4n) is 2.42. The van der Waals surface area contributed by atoms with Crippen molar-refractivity contribution in [2.45, 2.75) is 26.8 Å². The number of nitrogens with zero attached hydrogens (tertiary/aromatic N) is 1. The van der Waals surface area contributed by atoms with Gasteiger partial charge >= 0.3 is 6.03 Å². The van der Waals surface area contributed by atoms with Crippen molar-refractivity contribution >= 4 is 11.9 Å². The van der Waals surface area contributed by atoms with E-state index in [2.05, 4.69) is 16.2 Å². The first-order valence-corrected chi connectivity index (χ1v) is 8.46. The number of rotatable bonds is 5. The van der Waals surface area contributed by atoms with Gasteiger partial charge in [0.15, 0.2) is 0 Å². The van der Waals surface area contributed by atoms with Crippen LogP contribution in [0.2, 0.25) is 0 Å². The number of nitriles is 1. The molecule has 0 aromatic heterocycles. The molecule has 1 atom stereocenters. The van der Waals surface area contributed by atoms with E-state index in [0.717, 1.165) is 16.9 Å². The van der Waals surface area contributed by atoms with Crippen molar-refractivity contribution < 1.29 is 14.3 Å². The number of carbonyl (C=O) groups excluding carboxylic acids is 2. The molecule has 0 spiro atoms. The number of aryl methyl sites for hydroxylation is 2. The van der Waals surface area contributed by atoms with Gasteiger partial charge in [0.2, 0.25) is 0 Å². The van der Waals surface area contributed by atoms with E-state index < -0.39 is 11.9 Å².